The average Bonchev–Trinajstić information content (AvgIpc) is 2.00. The fourth-order valence-corrected chi connectivity index (χ4v) is 0.857. The van der Waals surface area contributed by atoms with Gasteiger partial charge in [-0.2, -0.15) is 0 Å². The van der Waals surface area contributed by atoms with Gasteiger partial charge in [0.25, 0.3) is 0 Å². The van der Waals surface area contributed by atoms with Gasteiger partial charge in [-0.05, 0) is 5.92 Å². The molecule has 0 aliphatic rings. The zero-order chi connectivity index (χ0) is 10.4. The second kappa shape index (κ2) is 6.16. The van der Waals surface area contributed by atoms with E-state index in [1.54, 1.807) is 0 Å². The number of halogens is 1. The molecule has 0 spiro atoms. The zero-order valence-corrected chi connectivity index (χ0v) is 9.73. The van der Waals surface area contributed by atoms with Crippen molar-refractivity contribution >= 4 is 21.8 Å². The molecule has 3 N–H and O–H groups in total. The summed E-state index contributed by atoms with van der Waals surface area (Å²) in [6.07, 6.45) is 0.373. The molecule has 0 fully saturated rings. The Kier molecular flexibility index (Phi) is 5.99. The Hall–Kier alpha value is -0.350. The third-order valence-corrected chi connectivity index (χ3v) is 2.04. The van der Waals surface area contributed by atoms with Crippen LogP contribution in [0.2, 0.25) is 0 Å². The van der Waals surface area contributed by atoms with Gasteiger partial charge in [0.1, 0.15) is 0 Å². The molecular weight excluding hydrogens is 232 g/mol. The maximum atomic E-state index is 11.2. The largest absolute Gasteiger partial charge is 0.351 e. The molecule has 13 heavy (non-hydrogen) atoms. The fraction of sp³-hybridized carbons (Fsp3) is 0.667. The van der Waals surface area contributed by atoms with Crippen molar-refractivity contribution in [3.63, 3.8) is 0 Å². The second-order valence-electron chi connectivity index (χ2n) is 3.41. The van der Waals surface area contributed by atoms with E-state index in [9.17, 15) is 4.79 Å². The summed E-state index contributed by atoms with van der Waals surface area (Å²) in [5.41, 5.74) is 5.73. The van der Waals surface area contributed by atoms with Crippen LogP contribution in [0.3, 0.4) is 0 Å². The van der Waals surface area contributed by atoms with E-state index >= 15 is 0 Å². The van der Waals surface area contributed by atoms with Crippen LogP contribution in [0.5, 0.6) is 0 Å². The molecule has 1 unspecified atom stereocenters. The fourth-order valence-electron chi connectivity index (χ4n) is 0.716. The predicted molar refractivity (Wildman–Crippen MR) is 58.5 cm³/mol. The average molecular weight is 249 g/mol. The van der Waals surface area contributed by atoms with Crippen LogP contribution in [0, 0.1) is 5.92 Å². The maximum absolute atomic E-state index is 11.2. The Morgan fingerprint density at radius 2 is 2.15 bits per heavy atom. The molecule has 0 heterocycles. The van der Waals surface area contributed by atoms with E-state index in [2.05, 4.69) is 27.8 Å². The first-order valence-electron chi connectivity index (χ1n) is 4.29. The van der Waals surface area contributed by atoms with Crippen molar-refractivity contribution in [2.75, 3.05) is 6.54 Å². The molecule has 0 aromatic rings. The number of nitrogens with two attached hydrogens (primary N) is 1. The molecule has 3 nitrogen and oxygen atoms in total. The monoisotopic (exact) mass is 248 g/mol. The van der Waals surface area contributed by atoms with E-state index in [-0.39, 0.29) is 11.9 Å². The summed E-state index contributed by atoms with van der Waals surface area (Å²) in [7, 11) is 0. The summed E-state index contributed by atoms with van der Waals surface area (Å²) in [5.74, 6) is 0.305. The highest BCUT2D eigenvalue weighted by Gasteiger charge is 2.12. The summed E-state index contributed by atoms with van der Waals surface area (Å²) in [6.45, 7) is 8.08. The smallest absolute Gasteiger partial charge is 0.221 e. The molecule has 0 aliphatic carbocycles. The summed E-state index contributed by atoms with van der Waals surface area (Å²) < 4.78 is 0.763. The minimum absolute atomic E-state index is 0.0261. The highest BCUT2D eigenvalue weighted by Crippen LogP contribution is 2.03. The Morgan fingerprint density at radius 1 is 1.62 bits per heavy atom. The summed E-state index contributed by atoms with van der Waals surface area (Å²) >= 11 is 3.16. The molecule has 0 radical (unpaired) electrons. The quantitative estimate of drug-likeness (QED) is 0.773. The molecule has 76 valence electrons. The predicted octanol–water partition coefficient (Wildman–Crippen LogP) is 1.38. The summed E-state index contributed by atoms with van der Waals surface area (Å²) in [6, 6.07) is -0.0661. The van der Waals surface area contributed by atoms with Gasteiger partial charge >= 0.3 is 0 Å². The minimum Gasteiger partial charge on any atom is -0.351 e. The first kappa shape index (κ1) is 12.7. The highest BCUT2D eigenvalue weighted by atomic mass is 79.9. The number of carbonyl (C=O) groups is 1. The van der Waals surface area contributed by atoms with Gasteiger partial charge in [-0.1, -0.05) is 36.4 Å². The molecule has 0 bridgehead atoms. The van der Waals surface area contributed by atoms with Gasteiger partial charge in [0.15, 0.2) is 0 Å². The molecule has 1 atom stereocenters. The standard InChI is InChI=1S/C9H17BrN2O/c1-6(2)8(11)4-9(13)12-5-7(3)10/h6,8H,3-5,11H2,1-2H3,(H,12,13). The van der Waals surface area contributed by atoms with Gasteiger partial charge in [0.2, 0.25) is 5.91 Å². The van der Waals surface area contributed by atoms with Crippen molar-refractivity contribution in [3.8, 4) is 0 Å². The molecule has 0 aliphatic heterocycles. The van der Waals surface area contributed by atoms with E-state index in [1.807, 2.05) is 13.8 Å². The number of amides is 1. The number of nitrogens with one attached hydrogen (secondary N) is 1. The summed E-state index contributed by atoms with van der Waals surface area (Å²) in [4.78, 5) is 11.2. The van der Waals surface area contributed by atoms with Gasteiger partial charge in [-0.3, -0.25) is 4.79 Å². The molecule has 0 saturated heterocycles. The second-order valence-corrected chi connectivity index (χ2v) is 4.53. The number of hydrogen-bond acceptors (Lipinski definition) is 2. The lowest BCUT2D eigenvalue weighted by molar-refractivity contribution is -0.121. The normalized spacial score (nSPS) is 12.7. The van der Waals surface area contributed by atoms with Crippen LogP contribution in [0.1, 0.15) is 20.3 Å². The maximum Gasteiger partial charge on any atom is 0.221 e. The Labute approximate surface area is 87.9 Å². The highest BCUT2D eigenvalue weighted by molar-refractivity contribution is 9.11. The van der Waals surface area contributed by atoms with Crippen molar-refractivity contribution in [1.82, 2.24) is 5.32 Å². The lowest BCUT2D eigenvalue weighted by Crippen LogP contribution is -2.35. The van der Waals surface area contributed by atoms with Gasteiger partial charge in [0.05, 0.1) is 0 Å². The molecule has 0 aromatic carbocycles. The van der Waals surface area contributed by atoms with Gasteiger partial charge in [-0.25, -0.2) is 0 Å². The van der Waals surface area contributed by atoms with Crippen molar-refractivity contribution < 1.29 is 4.79 Å². The van der Waals surface area contributed by atoms with Gasteiger partial charge in [0, 0.05) is 23.5 Å². The number of carbonyl (C=O) groups excluding carboxylic acids is 1. The Bertz CT molecular complexity index is 192. The minimum atomic E-state index is -0.0661. The van der Waals surface area contributed by atoms with Crippen LogP contribution in [0.25, 0.3) is 0 Å². The molecular formula is C9H17BrN2O. The van der Waals surface area contributed by atoms with Crippen LogP contribution in [0.15, 0.2) is 11.1 Å². The topological polar surface area (TPSA) is 55.1 Å². The van der Waals surface area contributed by atoms with Crippen LogP contribution in [0.4, 0.5) is 0 Å². The SMILES string of the molecule is C=C(Br)CNC(=O)CC(N)C(C)C. The Balaban J connectivity index is 3.68. The first-order valence-corrected chi connectivity index (χ1v) is 5.08. The van der Waals surface area contributed by atoms with E-state index in [1.165, 1.54) is 0 Å². The van der Waals surface area contributed by atoms with Crippen LogP contribution in [-0.2, 0) is 4.79 Å². The molecule has 4 heteroatoms. The lowest BCUT2D eigenvalue weighted by Gasteiger charge is -2.14. The molecule has 0 aromatic heterocycles. The van der Waals surface area contributed by atoms with Gasteiger partial charge in [-0.15, -0.1) is 0 Å². The van der Waals surface area contributed by atoms with Crippen molar-refractivity contribution in [3.05, 3.63) is 11.1 Å². The third kappa shape index (κ3) is 6.78. The van der Waals surface area contributed by atoms with Crippen molar-refractivity contribution in [2.24, 2.45) is 11.7 Å². The molecule has 0 saturated carbocycles. The number of rotatable bonds is 5. The Morgan fingerprint density at radius 3 is 2.54 bits per heavy atom. The number of hydrogen-bond donors (Lipinski definition) is 2. The third-order valence-electron chi connectivity index (χ3n) is 1.75. The lowest BCUT2D eigenvalue weighted by atomic mass is 10.0. The molecule has 0 rings (SSSR count). The first-order chi connectivity index (χ1) is 5.93. The molecule has 1 amide bonds. The van der Waals surface area contributed by atoms with E-state index in [0.717, 1.165) is 4.48 Å². The van der Waals surface area contributed by atoms with E-state index in [0.29, 0.717) is 18.9 Å². The van der Waals surface area contributed by atoms with Crippen molar-refractivity contribution in [1.29, 1.82) is 0 Å². The van der Waals surface area contributed by atoms with E-state index in [4.69, 9.17) is 5.73 Å². The van der Waals surface area contributed by atoms with Crippen LogP contribution in [-0.4, -0.2) is 18.5 Å². The van der Waals surface area contributed by atoms with Crippen LogP contribution < -0.4 is 11.1 Å². The van der Waals surface area contributed by atoms with Crippen molar-refractivity contribution in [2.45, 2.75) is 26.3 Å². The summed E-state index contributed by atoms with van der Waals surface area (Å²) in [5, 5.41) is 2.70. The zero-order valence-electron chi connectivity index (χ0n) is 8.14. The van der Waals surface area contributed by atoms with Gasteiger partial charge < -0.3 is 11.1 Å². The van der Waals surface area contributed by atoms with E-state index < -0.39 is 0 Å². The van der Waals surface area contributed by atoms with Crippen LogP contribution >= 0.6 is 15.9 Å².